The van der Waals surface area contributed by atoms with Gasteiger partial charge in [-0.1, -0.05) is 29.8 Å². The molecule has 0 fully saturated rings. The van der Waals surface area contributed by atoms with E-state index in [1.807, 2.05) is 0 Å². The van der Waals surface area contributed by atoms with Crippen molar-refractivity contribution >= 4 is 33.2 Å². The van der Waals surface area contributed by atoms with Gasteiger partial charge in [0.25, 0.3) is 5.91 Å². The zero-order chi connectivity index (χ0) is 18.8. The van der Waals surface area contributed by atoms with Crippen LogP contribution < -0.4 is 4.31 Å². The summed E-state index contributed by atoms with van der Waals surface area (Å²) in [5, 5.41) is 0.209. The lowest BCUT2D eigenvalue weighted by Crippen LogP contribution is -2.28. The Kier molecular flexibility index (Phi) is 5.69. The van der Waals surface area contributed by atoms with Gasteiger partial charge in [-0.3, -0.25) is 9.10 Å². The van der Waals surface area contributed by atoms with Gasteiger partial charge >= 0.3 is 0 Å². The largest absolute Gasteiger partial charge is 0.337 e. The number of benzene rings is 2. The lowest BCUT2D eigenvalue weighted by molar-refractivity contribution is 0.0784. The molecule has 25 heavy (non-hydrogen) atoms. The average Bonchev–Trinajstić information content (AvgIpc) is 2.55. The van der Waals surface area contributed by atoms with Crippen LogP contribution in [0.15, 0.2) is 42.5 Å². The normalized spacial score (nSPS) is 11.2. The van der Waals surface area contributed by atoms with E-state index in [0.29, 0.717) is 5.56 Å². The van der Waals surface area contributed by atoms with Crippen molar-refractivity contribution in [1.82, 2.24) is 4.90 Å². The second-order valence-electron chi connectivity index (χ2n) is 5.65. The Morgan fingerprint density at radius 1 is 1.16 bits per heavy atom. The van der Waals surface area contributed by atoms with Crippen molar-refractivity contribution in [3.05, 3.63) is 64.4 Å². The maximum Gasteiger partial charge on any atom is 0.253 e. The number of hydrogen-bond acceptors (Lipinski definition) is 3. The molecule has 0 bridgehead atoms. The van der Waals surface area contributed by atoms with Crippen LogP contribution in [0.25, 0.3) is 0 Å². The van der Waals surface area contributed by atoms with Gasteiger partial charge in [0.15, 0.2) is 0 Å². The summed E-state index contributed by atoms with van der Waals surface area (Å²) >= 11 is 6.05. The number of carbonyl (C=O) groups is 1. The molecule has 134 valence electrons. The predicted molar refractivity (Wildman–Crippen MR) is 96.9 cm³/mol. The molecule has 0 aromatic heterocycles. The highest BCUT2D eigenvalue weighted by atomic mass is 35.5. The quantitative estimate of drug-likeness (QED) is 0.795. The molecule has 0 atom stereocenters. The van der Waals surface area contributed by atoms with Crippen LogP contribution in [0.2, 0.25) is 5.02 Å². The van der Waals surface area contributed by atoms with E-state index in [0.717, 1.165) is 10.6 Å². The number of anilines is 1. The lowest BCUT2D eigenvalue weighted by atomic mass is 10.1. The van der Waals surface area contributed by atoms with E-state index in [4.69, 9.17) is 11.6 Å². The SMILES string of the molecule is CN(Cc1ccccc1F)C(=O)c1ccc(Cl)c(N(C)S(C)(=O)=O)c1. The van der Waals surface area contributed by atoms with E-state index in [2.05, 4.69) is 0 Å². The lowest BCUT2D eigenvalue weighted by Gasteiger charge is -2.21. The standard InChI is InChI=1S/C17H18ClFN2O3S/c1-20(11-13-6-4-5-7-15(13)19)17(22)12-8-9-14(18)16(10-12)21(2)25(3,23)24/h4-10H,11H2,1-3H3. The molecule has 1 amide bonds. The molecule has 0 radical (unpaired) electrons. The van der Waals surface area contributed by atoms with E-state index < -0.39 is 15.8 Å². The molecule has 0 N–H and O–H groups in total. The first kappa shape index (κ1) is 19.2. The molecule has 5 nitrogen and oxygen atoms in total. The van der Waals surface area contributed by atoms with Crippen LogP contribution in [0.5, 0.6) is 0 Å². The van der Waals surface area contributed by atoms with Gasteiger partial charge in [-0.15, -0.1) is 0 Å². The fraction of sp³-hybridized carbons (Fsp3) is 0.235. The number of nitrogens with zero attached hydrogens (tertiary/aromatic N) is 2. The molecule has 2 aromatic rings. The van der Waals surface area contributed by atoms with Crippen molar-refractivity contribution in [3.63, 3.8) is 0 Å². The van der Waals surface area contributed by atoms with Gasteiger partial charge in [-0.25, -0.2) is 12.8 Å². The maximum absolute atomic E-state index is 13.7. The maximum atomic E-state index is 13.7. The molecule has 0 aliphatic carbocycles. The monoisotopic (exact) mass is 384 g/mol. The molecule has 0 aliphatic heterocycles. The van der Waals surface area contributed by atoms with Crippen molar-refractivity contribution in [3.8, 4) is 0 Å². The van der Waals surface area contributed by atoms with Gasteiger partial charge in [-0.05, 0) is 24.3 Å². The minimum Gasteiger partial charge on any atom is -0.337 e. The van der Waals surface area contributed by atoms with E-state index in [1.54, 1.807) is 25.2 Å². The molecule has 2 rings (SSSR count). The third-order valence-electron chi connectivity index (χ3n) is 3.74. The van der Waals surface area contributed by atoms with E-state index in [1.165, 1.54) is 36.2 Å². The summed E-state index contributed by atoms with van der Waals surface area (Å²) in [7, 11) is -0.621. The van der Waals surface area contributed by atoms with Gasteiger partial charge in [-0.2, -0.15) is 0 Å². The van der Waals surface area contributed by atoms with E-state index in [9.17, 15) is 17.6 Å². The Morgan fingerprint density at radius 3 is 2.40 bits per heavy atom. The number of amides is 1. The zero-order valence-corrected chi connectivity index (χ0v) is 15.6. The highest BCUT2D eigenvalue weighted by Gasteiger charge is 2.19. The van der Waals surface area contributed by atoms with Gasteiger partial charge < -0.3 is 4.90 Å². The van der Waals surface area contributed by atoms with Gasteiger partial charge in [0.1, 0.15) is 5.82 Å². The van der Waals surface area contributed by atoms with Crippen LogP contribution in [0.3, 0.4) is 0 Å². The Hall–Kier alpha value is -2.12. The van der Waals surface area contributed by atoms with Crippen molar-refractivity contribution in [2.45, 2.75) is 6.54 Å². The summed E-state index contributed by atoms with van der Waals surface area (Å²) < 4.78 is 38.2. The van der Waals surface area contributed by atoms with Crippen LogP contribution in [-0.4, -0.2) is 39.6 Å². The highest BCUT2D eigenvalue weighted by Crippen LogP contribution is 2.28. The van der Waals surface area contributed by atoms with Crippen molar-refractivity contribution in [1.29, 1.82) is 0 Å². The van der Waals surface area contributed by atoms with Gasteiger partial charge in [0.2, 0.25) is 10.0 Å². The Balaban J connectivity index is 2.29. The Labute approximate surface area is 151 Å². The molecule has 0 heterocycles. The van der Waals surface area contributed by atoms with E-state index >= 15 is 0 Å². The molecular weight excluding hydrogens is 367 g/mol. The highest BCUT2D eigenvalue weighted by molar-refractivity contribution is 7.92. The summed E-state index contributed by atoms with van der Waals surface area (Å²) in [4.78, 5) is 13.9. The van der Waals surface area contributed by atoms with Gasteiger partial charge in [0, 0.05) is 31.8 Å². The summed E-state index contributed by atoms with van der Waals surface area (Å²) in [6, 6.07) is 10.6. The molecule has 8 heteroatoms. The third-order valence-corrected chi connectivity index (χ3v) is 5.25. The molecule has 0 saturated carbocycles. The molecule has 0 spiro atoms. The van der Waals surface area contributed by atoms with E-state index in [-0.39, 0.29) is 28.7 Å². The van der Waals surface area contributed by atoms with Crippen molar-refractivity contribution < 1.29 is 17.6 Å². The third kappa shape index (κ3) is 4.49. The first-order valence-electron chi connectivity index (χ1n) is 7.33. The summed E-state index contributed by atoms with van der Waals surface area (Å²) in [5.74, 6) is -0.765. The zero-order valence-electron chi connectivity index (χ0n) is 14.0. The van der Waals surface area contributed by atoms with Gasteiger partial charge in [0.05, 0.1) is 17.0 Å². The van der Waals surface area contributed by atoms with Crippen LogP contribution in [0.4, 0.5) is 10.1 Å². The Morgan fingerprint density at radius 2 is 1.80 bits per heavy atom. The number of sulfonamides is 1. The molecule has 0 unspecified atom stereocenters. The fourth-order valence-corrected chi connectivity index (χ4v) is 3.04. The second-order valence-corrected chi connectivity index (χ2v) is 8.07. The smallest absolute Gasteiger partial charge is 0.253 e. The fourth-order valence-electron chi connectivity index (χ4n) is 2.24. The summed E-state index contributed by atoms with van der Waals surface area (Å²) in [6.07, 6.45) is 1.04. The molecule has 0 saturated heterocycles. The minimum atomic E-state index is -3.52. The Bertz CT molecular complexity index is 903. The van der Waals surface area contributed by atoms with Crippen LogP contribution in [0.1, 0.15) is 15.9 Å². The molecule has 2 aromatic carbocycles. The van der Waals surface area contributed by atoms with Crippen LogP contribution >= 0.6 is 11.6 Å². The first-order valence-corrected chi connectivity index (χ1v) is 9.56. The molecule has 0 aliphatic rings. The number of carbonyl (C=O) groups excluding carboxylic acids is 1. The first-order chi connectivity index (χ1) is 11.6. The number of hydrogen-bond donors (Lipinski definition) is 0. The second kappa shape index (κ2) is 7.41. The number of rotatable bonds is 5. The topological polar surface area (TPSA) is 57.7 Å². The molecular formula is C17H18ClFN2O3S. The summed E-state index contributed by atoms with van der Waals surface area (Å²) in [6.45, 7) is 0.0887. The van der Waals surface area contributed by atoms with Crippen molar-refractivity contribution in [2.24, 2.45) is 0 Å². The van der Waals surface area contributed by atoms with Crippen LogP contribution in [-0.2, 0) is 16.6 Å². The van der Waals surface area contributed by atoms with Crippen molar-refractivity contribution in [2.75, 3.05) is 24.7 Å². The van der Waals surface area contributed by atoms with Crippen LogP contribution in [0, 0.1) is 5.82 Å². The minimum absolute atomic E-state index is 0.0887. The summed E-state index contributed by atoms with van der Waals surface area (Å²) in [5.41, 5.74) is 0.851. The number of halogens is 2. The average molecular weight is 385 g/mol. The predicted octanol–water partition coefficient (Wildman–Crippen LogP) is 3.15.